The highest BCUT2D eigenvalue weighted by Gasteiger charge is 2.48. The summed E-state index contributed by atoms with van der Waals surface area (Å²) in [5.41, 5.74) is 5.89. The zero-order valence-electron chi connectivity index (χ0n) is 13.5. The lowest BCUT2D eigenvalue weighted by Gasteiger charge is -2.43. The number of hydrogen-bond acceptors (Lipinski definition) is 7. The Labute approximate surface area is 145 Å². The first-order chi connectivity index (χ1) is 11.8. The van der Waals surface area contributed by atoms with Gasteiger partial charge in [0.15, 0.2) is 9.84 Å². The monoisotopic (exact) mass is 368 g/mol. The van der Waals surface area contributed by atoms with Crippen molar-refractivity contribution in [2.24, 2.45) is 0 Å². The maximum Gasteiger partial charge on any atom is 0.304 e. The SMILES string of the molecule is Nc1ccc(C(=O)N2CCN(CCC(=O)O)[C@@H]3CS(=O)(=O)C[C@@H]32)cn1. The first kappa shape index (κ1) is 17.6. The number of amides is 1. The van der Waals surface area contributed by atoms with Crippen molar-refractivity contribution in [1.29, 1.82) is 0 Å². The number of nitrogens with zero attached hydrogens (tertiary/aromatic N) is 3. The van der Waals surface area contributed by atoms with E-state index in [4.69, 9.17) is 10.8 Å². The Hall–Kier alpha value is -2.20. The van der Waals surface area contributed by atoms with Crippen LogP contribution in [0, 0.1) is 0 Å². The number of nitrogen functional groups attached to an aromatic ring is 1. The lowest BCUT2D eigenvalue weighted by molar-refractivity contribution is -0.137. The number of anilines is 1. The number of carbonyl (C=O) groups excluding carboxylic acids is 1. The smallest absolute Gasteiger partial charge is 0.304 e. The van der Waals surface area contributed by atoms with E-state index in [1.165, 1.54) is 12.3 Å². The van der Waals surface area contributed by atoms with E-state index in [9.17, 15) is 18.0 Å². The van der Waals surface area contributed by atoms with Gasteiger partial charge in [-0.15, -0.1) is 0 Å². The molecular weight excluding hydrogens is 348 g/mol. The average Bonchev–Trinajstić information content (AvgIpc) is 2.87. The van der Waals surface area contributed by atoms with Crippen molar-refractivity contribution >= 4 is 27.5 Å². The topological polar surface area (TPSA) is 134 Å². The summed E-state index contributed by atoms with van der Waals surface area (Å²) in [6.07, 6.45) is 1.33. The number of rotatable bonds is 4. The molecule has 2 aliphatic heterocycles. The molecule has 136 valence electrons. The molecule has 0 radical (unpaired) electrons. The van der Waals surface area contributed by atoms with Gasteiger partial charge < -0.3 is 15.7 Å². The zero-order chi connectivity index (χ0) is 18.2. The molecule has 0 bridgehead atoms. The van der Waals surface area contributed by atoms with Crippen molar-refractivity contribution in [3.05, 3.63) is 23.9 Å². The minimum atomic E-state index is -3.27. The molecule has 25 heavy (non-hydrogen) atoms. The maximum absolute atomic E-state index is 12.8. The fourth-order valence-corrected chi connectivity index (χ4v) is 5.50. The molecule has 2 saturated heterocycles. The van der Waals surface area contributed by atoms with E-state index in [0.717, 1.165) is 0 Å². The van der Waals surface area contributed by atoms with E-state index in [0.29, 0.717) is 24.5 Å². The van der Waals surface area contributed by atoms with Crippen molar-refractivity contribution in [2.45, 2.75) is 18.5 Å². The van der Waals surface area contributed by atoms with Gasteiger partial charge in [-0.2, -0.15) is 0 Å². The molecule has 10 heteroatoms. The molecule has 0 spiro atoms. The second-order valence-electron chi connectivity index (χ2n) is 6.36. The second kappa shape index (κ2) is 6.60. The Morgan fingerprint density at radius 2 is 1.96 bits per heavy atom. The number of nitrogens with two attached hydrogens (primary N) is 1. The van der Waals surface area contributed by atoms with E-state index in [1.807, 2.05) is 4.90 Å². The van der Waals surface area contributed by atoms with Gasteiger partial charge in [0.1, 0.15) is 5.82 Å². The number of aromatic nitrogens is 1. The number of aliphatic carboxylic acids is 1. The van der Waals surface area contributed by atoms with Crippen LogP contribution in [0.2, 0.25) is 0 Å². The quantitative estimate of drug-likeness (QED) is 0.696. The summed E-state index contributed by atoms with van der Waals surface area (Å²) in [4.78, 5) is 30.9. The number of hydrogen-bond donors (Lipinski definition) is 2. The van der Waals surface area contributed by atoms with E-state index < -0.39 is 21.8 Å². The fourth-order valence-electron chi connectivity index (χ4n) is 3.49. The minimum absolute atomic E-state index is 0.0545. The predicted molar refractivity (Wildman–Crippen MR) is 89.7 cm³/mol. The van der Waals surface area contributed by atoms with Gasteiger partial charge in [-0.3, -0.25) is 14.5 Å². The zero-order valence-corrected chi connectivity index (χ0v) is 14.4. The fraction of sp³-hybridized carbons (Fsp3) is 0.533. The lowest BCUT2D eigenvalue weighted by atomic mass is 10.0. The van der Waals surface area contributed by atoms with E-state index in [-0.39, 0.29) is 36.4 Å². The van der Waals surface area contributed by atoms with Gasteiger partial charge in [-0.25, -0.2) is 13.4 Å². The standard InChI is InChI=1S/C15H20N4O5S/c16-13-2-1-10(7-17-13)15(22)19-6-5-18(4-3-14(20)21)11-8-25(23,24)9-12(11)19/h1-2,7,11-12H,3-6,8-9H2,(H2,16,17)(H,20,21)/t11-,12+/m1/s1. The minimum Gasteiger partial charge on any atom is -0.481 e. The lowest BCUT2D eigenvalue weighted by Crippen LogP contribution is -2.60. The molecule has 0 aliphatic carbocycles. The molecule has 3 N–H and O–H groups in total. The van der Waals surface area contributed by atoms with Crippen molar-refractivity contribution in [1.82, 2.24) is 14.8 Å². The maximum atomic E-state index is 12.8. The first-order valence-corrected chi connectivity index (χ1v) is 9.78. The third-order valence-corrected chi connectivity index (χ3v) is 6.40. The summed E-state index contributed by atoms with van der Waals surface area (Å²) in [6.45, 7) is 1.06. The highest BCUT2D eigenvalue weighted by atomic mass is 32.2. The summed E-state index contributed by atoms with van der Waals surface area (Å²) in [7, 11) is -3.27. The van der Waals surface area contributed by atoms with Crippen LogP contribution in [0.3, 0.4) is 0 Å². The number of carboxylic acids is 1. The Kier molecular flexibility index (Phi) is 4.65. The predicted octanol–water partition coefficient (Wildman–Crippen LogP) is -0.938. The highest BCUT2D eigenvalue weighted by Crippen LogP contribution is 2.28. The van der Waals surface area contributed by atoms with E-state index in [2.05, 4.69) is 4.98 Å². The molecule has 0 aromatic carbocycles. The van der Waals surface area contributed by atoms with Crippen LogP contribution in [0.1, 0.15) is 16.8 Å². The molecule has 1 aromatic heterocycles. The molecule has 9 nitrogen and oxygen atoms in total. The van der Waals surface area contributed by atoms with Crippen molar-refractivity contribution in [3.8, 4) is 0 Å². The molecule has 3 rings (SSSR count). The number of piperazine rings is 1. The third-order valence-electron chi connectivity index (χ3n) is 4.70. The van der Waals surface area contributed by atoms with Gasteiger partial charge >= 0.3 is 5.97 Å². The van der Waals surface area contributed by atoms with Crippen LogP contribution in [0.15, 0.2) is 18.3 Å². The Balaban J connectivity index is 1.81. The number of fused-ring (bicyclic) bond motifs is 1. The summed E-state index contributed by atoms with van der Waals surface area (Å²) in [5.74, 6) is -1.06. The second-order valence-corrected chi connectivity index (χ2v) is 8.52. The largest absolute Gasteiger partial charge is 0.481 e. The normalized spacial score (nSPS) is 25.5. The van der Waals surface area contributed by atoms with Crippen LogP contribution in [-0.4, -0.2) is 83.4 Å². The number of pyridine rings is 1. The molecule has 2 aliphatic rings. The molecular formula is C15H20N4O5S. The Morgan fingerprint density at radius 1 is 1.24 bits per heavy atom. The van der Waals surface area contributed by atoms with Crippen molar-refractivity contribution < 1.29 is 23.1 Å². The van der Waals surface area contributed by atoms with Gasteiger partial charge in [-0.1, -0.05) is 0 Å². The molecule has 0 saturated carbocycles. The molecule has 3 heterocycles. The third kappa shape index (κ3) is 3.74. The summed E-state index contributed by atoms with van der Waals surface area (Å²) in [5, 5.41) is 8.87. The number of sulfone groups is 1. The van der Waals surface area contributed by atoms with Crippen LogP contribution in [0.5, 0.6) is 0 Å². The van der Waals surface area contributed by atoms with Crippen LogP contribution in [-0.2, 0) is 14.6 Å². The van der Waals surface area contributed by atoms with Crippen molar-refractivity contribution in [2.75, 3.05) is 36.9 Å². The van der Waals surface area contributed by atoms with Crippen LogP contribution in [0.25, 0.3) is 0 Å². The van der Waals surface area contributed by atoms with Gasteiger partial charge in [-0.05, 0) is 12.1 Å². The first-order valence-electron chi connectivity index (χ1n) is 7.95. The Morgan fingerprint density at radius 3 is 2.60 bits per heavy atom. The Bertz CT molecular complexity index is 780. The van der Waals surface area contributed by atoms with E-state index >= 15 is 0 Å². The summed E-state index contributed by atoms with van der Waals surface area (Å²) < 4.78 is 24.2. The summed E-state index contributed by atoms with van der Waals surface area (Å²) in [6, 6.07) is 2.25. The van der Waals surface area contributed by atoms with Crippen LogP contribution in [0.4, 0.5) is 5.82 Å². The highest BCUT2D eigenvalue weighted by molar-refractivity contribution is 7.91. The average molecular weight is 368 g/mol. The number of carboxylic acid groups (broad SMARTS) is 1. The summed E-state index contributed by atoms with van der Waals surface area (Å²) >= 11 is 0. The van der Waals surface area contributed by atoms with Crippen LogP contribution < -0.4 is 5.73 Å². The molecule has 2 fully saturated rings. The molecule has 1 amide bonds. The van der Waals surface area contributed by atoms with Crippen LogP contribution >= 0.6 is 0 Å². The molecule has 1 aromatic rings. The van der Waals surface area contributed by atoms with Crippen molar-refractivity contribution in [3.63, 3.8) is 0 Å². The van der Waals surface area contributed by atoms with Gasteiger partial charge in [0.2, 0.25) is 0 Å². The number of carbonyl (C=O) groups is 2. The van der Waals surface area contributed by atoms with E-state index in [1.54, 1.807) is 11.0 Å². The van der Waals surface area contributed by atoms with Gasteiger partial charge in [0.25, 0.3) is 5.91 Å². The molecule has 2 atom stereocenters. The molecule has 0 unspecified atom stereocenters. The van der Waals surface area contributed by atoms with Gasteiger partial charge in [0, 0.05) is 31.9 Å². The van der Waals surface area contributed by atoms with Gasteiger partial charge in [0.05, 0.1) is 29.5 Å².